The number of halogens is 1. The van der Waals surface area contributed by atoms with Crippen LogP contribution in [0.4, 0.5) is 0 Å². The van der Waals surface area contributed by atoms with Crippen molar-refractivity contribution in [1.82, 2.24) is 14.7 Å². The van der Waals surface area contributed by atoms with Crippen molar-refractivity contribution in [3.05, 3.63) is 33.4 Å². The molecule has 4 aliphatic rings. The van der Waals surface area contributed by atoms with E-state index in [1.54, 1.807) is 7.11 Å². The highest BCUT2D eigenvalue weighted by molar-refractivity contribution is 14.1. The highest BCUT2D eigenvalue weighted by Crippen LogP contribution is 2.29. The first kappa shape index (κ1) is 14.8. The van der Waals surface area contributed by atoms with Gasteiger partial charge in [-0.3, -0.25) is 4.48 Å². The Bertz CT molecular complexity index is 553. The van der Waals surface area contributed by atoms with E-state index in [9.17, 15) is 0 Å². The predicted molar refractivity (Wildman–Crippen MR) is 92.6 cm³/mol. The SMILES string of the molecule is CON=C(C[N+]12CN3CN(CN(C3)C1)C2)c1ccc(I)cc1. The Morgan fingerprint density at radius 2 is 1.64 bits per heavy atom. The molecule has 1 aromatic carbocycles. The van der Waals surface area contributed by atoms with Crippen LogP contribution < -0.4 is 0 Å². The van der Waals surface area contributed by atoms with Gasteiger partial charge in [-0.15, -0.1) is 0 Å². The van der Waals surface area contributed by atoms with Crippen LogP contribution in [0.3, 0.4) is 0 Å². The summed E-state index contributed by atoms with van der Waals surface area (Å²) in [7, 11) is 1.63. The van der Waals surface area contributed by atoms with Gasteiger partial charge in [0.25, 0.3) is 0 Å². The average molecular weight is 414 g/mol. The minimum Gasteiger partial charge on any atom is -0.399 e. The minimum atomic E-state index is 0.915. The lowest BCUT2D eigenvalue weighted by molar-refractivity contribution is -0.972. The molecule has 0 radical (unpaired) electrons. The topological polar surface area (TPSA) is 31.3 Å². The van der Waals surface area contributed by atoms with Gasteiger partial charge in [0.15, 0.2) is 0 Å². The van der Waals surface area contributed by atoms with Crippen LogP contribution in [0.1, 0.15) is 5.56 Å². The van der Waals surface area contributed by atoms with E-state index >= 15 is 0 Å². The third-order valence-electron chi connectivity index (χ3n) is 4.56. The van der Waals surface area contributed by atoms with E-state index in [4.69, 9.17) is 4.84 Å². The summed E-state index contributed by atoms with van der Waals surface area (Å²) < 4.78 is 2.28. The first-order valence-corrected chi connectivity index (χ1v) is 8.62. The largest absolute Gasteiger partial charge is 0.399 e. The maximum atomic E-state index is 5.14. The van der Waals surface area contributed by atoms with Gasteiger partial charge in [-0.25, -0.2) is 14.7 Å². The van der Waals surface area contributed by atoms with Crippen LogP contribution in [-0.4, -0.2) is 78.6 Å². The zero-order valence-corrected chi connectivity index (χ0v) is 14.9. The Morgan fingerprint density at radius 3 is 2.14 bits per heavy atom. The average Bonchev–Trinajstić information content (AvgIpc) is 2.46. The summed E-state index contributed by atoms with van der Waals surface area (Å²) in [5.41, 5.74) is 2.21. The lowest BCUT2D eigenvalue weighted by Crippen LogP contribution is -2.79. The van der Waals surface area contributed by atoms with E-state index in [-0.39, 0.29) is 0 Å². The van der Waals surface area contributed by atoms with Crippen LogP contribution in [0, 0.1) is 3.57 Å². The molecule has 0 N–H and O–H groups in total. The van der Waals surface area contributed by atoms with Crippen molar-refractivity contribution in [3.63, 3.8) is 0 Å². The summed E-state index contributed by atoms with van der Waals surface area (Å²) >= 11 is 2.33. The van der Waals surface area contributed by atoms with E-state index in [2.05, 4.69) is 66.7 Å². The molecular weight excluding hydrogens is 393 g/mol. The molecule has 6 nitrogen and oxygen atoms in total. The molecule has 1 aromatic rings. The highest BCUT2D eigenvalue weighted by Gasteiger charge is 2.49. The van der Waals surface area contributed by atoms with Crippen molar-refractivity contribution in [2.24, 2.45) is 5.16 Å². The molecule has 4 saturated heterocycles. The van der Waals surface area contributed by atoms with E-state index in [1.165, 1.54) is 3.57 Å². The van der Waals surface area contributed by atoms with Crippen LogP contribution in [0.5, 0.6) is 0 Å². The van der Waals surface area contributed by atoms with Crippen molar-refractivity contribution in [1.29, 1.82) is 0 Å². The maximum absolute atomic E-state index is 5.14. The third-order valence-corrected chi connectivity index (χ3v) is 5.28. The van der Waals surface area contributed by atoms with Crippen LogP contribution in [0.25, 0.3) is 0 Å². The van der Waals surface area contributed by atoms with Crippen molar-refractivity contribution >= 4 is 28.3 Å². The molecule has 118 valence electrons. The molecule has 0 unspecified atom stereocenters. The first-order chi connectivity index (χ1) is 10.7. The lowest BCUT2D eigenvalue weighted by atomic mass is 10.1. The van der Waals surface area contributed by atoms with Gasteiger partial charge in [-0.1, -0.05) is 17.3 Å². The van der Waals surface area contributed by atoms with Gasteiger partial charge in [-0.05, 0) is 34.7 Å². The number of rotatable bonds is 4. The molecule has 0 aliphatic carbocycles. The molecule has 0 spiro atoms. The van der Waals surface area contributed by atoms with E-state index in [1.807, 2.05) is 0 Å². The zero-order chi connectivity index (χ0) is 15.2. The summed E-state index contributed by atoms with van der Waals surface area (Å²) in [6.07, 6.45) is 0. The van der Waals surface area contributed by atoms with Gasteiger partial charge in [0, 0.05) is 9.13 Å². The summed E-state index contributed by atoms with van der Waals surface area (Å²) in [6, 6.07) is 8.55. The Morgan fingerprint density at radius 1 is 1.09 bits per heavy atom. The van der Waals surface area contributed by atoms with Crippen molar-refractivity contribution in [2.45, 2.75) is 0 Å². The maximum Gasteiger partial charge on any atom is 0.141 e. The number of hydrogen-bond donors (Lipinski definition) is 0. The van der Waals surface area contributed by atoms with Crippen molar-refractivity contribution in [3.8, 4) is 0 Å². The van der Waals surface area contributed by atoms with Crippen molar-refractivity contribution < 1.29 is 9.32 Å². The quantitative estimate of drug-likeness (QED) is 0.320. The Kier molecular flexibility index (Phi) is 3.85. The first-order valence-electron chi connectivity index (χ1n) is 7.54. The van der Waals surface area contributed by atoms with Crippen LogP contribution in [0.15, 0.2) is 29.4 Å². The molecule has 4 bridgehead atoms. The van der Waals surface area contributed by atoms with Crippen LogP contribution >= 0.6 is 22.6 Å². The van der Waals surface area contributed by atoms with Crippen LogP contribution in [0.2, 0.25) is 0 Å². The third kappa shape index (κ3) is 2.76. The van der Waals surface area contributed by atoms with E-state index < -0.39 is 0 Å². The molecule has 0 atom stereocenters. The lowest BCUT2D eigenvalue weighted by Gasteiger charge is -2.60. The second-order valence-corrected chi connectivity index (χ2v) is 7.83. The Balaban J connectivity index is 1.59. The molecule has 22 heavy (non-hydrogen) atoms. The minimum absolute atomic E-state index is 0.915. The molecule has 4 aliphatic heterocycles. The standard InChI is InChI=1S/C15H21IN5O/c1-22-17-15(13-2-4-14(16)5-3-13)6-21-10-18-7-19(11-21)9-20(8-18)12-21/h2-5H,6-12H2,1H3/q+1. The summed E-state index contributed by atoms with van der Waals surface area (Å²) in [5, 5.41) is 4.34. The monoisotopic (exact) mass is 414 g/mol. The molecule has 7 heteroatoms. The summed E-state index contributed by atoms with van der Waals surface area (Å²) in [5.74, 6) is 0. The summed E-state index contributed by atoms with van der Waals surface area (Å²) in [4.78, 5) is 12.7. The number of hydrogen-bond acceptors (Lipinski definition) is 5. The molecule has 4 heterocycles. The molecule has 0 aromatic heterocycles. The molecule has 5 rings (SSSR count). The molecular formula is C15H21IN5O+. The smallest absolute Gasteiger partial charge is 0.141 e. The fourth-order valence-electron chi connectivity index (χ4n) is 4.05. The molecule has 0 saturated carbocycles. The van der Waals surface area contributed by atoms with E-state index in [0.717, 1.165) is 62.3 Å². The normalized spacial score (nSPS) is 36.6. The predicted octanol–water partition coefficient (Wildman–Crippen LogP) is 1.15. The fraction of sp³-hybridized carbons (Fsp3) is 0.533. The number of oxime groups is 1. The van der Waals surface area contributed by atoms with Gasteiger partial charge < -0.3 is 4.84 Å². The molecule has 0 amide bonds. The van der Waals surface area contributed by atoms with Gasteiger partial charge in [0.2, 0.25) is 0 Å². The van der Waals surface area contributed by atoms with Crippen molar-refractivity contribution in [2.75, 3.05) is 53.7 Å². The second kappa shape index (κ2) is 5.72. The number of quaternary nitrogens is 1. The van der Waals surface area contributed by atoms with Gasteiger partial charge in [0.1, 0.15) is 39.4 Å². The number of nitrogens with zero attached hydrogens (tertiary/aromatic N) is 5. The van der Waals surface area contributed by atoms with Gasteiger partial charge in [0.05, 0.1) is 20.0 Å². The second-order valence-electron chi connectivity index (χ2n) is 6.59. The zero-order valence-electron chi connectivity index (χ0n) is 12.8. The van der Waals surface area contributed by atoms with Crippen LogP contribution in [-0.2, 0) is 4.84 Å². The Labute approximate surface area is 144 Å². The molecule has 4 fully saturated rings. The van der Waals surface area contributed by atoms with Gasteiger partial charge >= 0.3 is 0 Å². The number of benzene rings is 1. The summed E-state index contributed by atoms with van der Waals surface area (Å²) in [6.45, 7) is 7.57. The van der Waals surface area contributed by atoms with E-state index in [0.29, 0.717) is 0 Å². The highest BCUT2D eigenvalue weighted by atomic mass is 127. The fourth-order valence-corrected chi connectivity index (χ4v) is 4.41. The van der Waals surface area contributed by atoms with Gasteiger partial charge in [-0.2, -0.15) is 0 Å². The Hall–Kier alpha value is -0.740.